The fraction of sp³-hybridized carbons (Fsp3) is 0.857. The van der Waals surface area contributed by atoms with Crippen molar-refractivity contribution in [3.63, 3.8) is 0 Å². The van der Waals surface area contributed by atoms with E-state index in [1.165, 1.54) is 0 Å². The van der Waals surface area contributed by atoms with Gasteiger partial charge in [-0.2, -0.15) is 0 Å². The molecule has 0 aliphatic rings. The van der Waals surface area contributed by atoms with E-state index in [9.17, 15) is 4.79 Å². The molecule has 0 fully saturated rings. The molecule has 12 heavy (non-hydrogen) atoms. The van der Waals surface area contributed by atoms with Gasteiger partial charge in [-0.25, -0.2) is 0 Å². The Kier molecular flexibility index (Phi) is 11.1. The third kappa shape index (κ3) is 9.08. The van der Waals surface area contributed by atoms with Gasteiger partial charge in [0.15, 0.2) is 0 Å². The molecule has 74 valence electrons. The topological polar surface area (TPSA) is 26.3 Å². The van der Waals surface area contributed by atoms with Gasteiger partial charge in [-0.3, -0.25) is 4.79 Å². The van der Waals surface area contributed by atoms with Crippen molar-refractivity contribution in [1.29, 1.82) is 0 Å². The number of rotatable bonds is 3. The van der Waals surface area contributed by atoms with Crippen LogP contribution in [-0.2, 0) is 9.53 Å². The molecule has 0 aromatic heterocycles. The molecule has 0 N–H and O–H groups in total. The predicted molar refractivity (Wildman–Crippen MR) is 58.6 cm³/mol. The van der Waals surface area contributed by atoms with E-state index in [1.807, 2.05) is 6.92 Å². The van der Waals surface area contributed by atoms with E-state index >= 15 is 0 Å². The van der Waals surface area contributed by atoms with Gasteiger partial charge in [0, 0.05) is 0 Å². The van der Waals surface area contributed by atoms with Crippen LogP contribution in [0.2, 0.25) is 0 Å². The molecular formula is C7H15BrO2Se2. The summed E-state index contributed by atoms with van der Waals surface area (Å²) in [5.74, 6) is -0.200. The number of carbonyl (C=O) groups excluding carboxylic acids is 1. The summed E-state index contributed by atoms with van der Waals surface area (Å²) >= 11 is 7.70. The fourth-order valence-corrected chi connectivity index (χ4v) is 0.481. The van der Waals surface area contributed by atoms with Crippen LogP contribution in [0.4, 0.5) is 0 Å². The number of ether oxygens (including phenoxy) is 1. The first-order valence-electron chi connectivity index (χ1n) is 3.54. The van der Waals surface area contributed by atoms with Gasteiger partial charge in [0.1, 0.15) is 4.32 Å². The van der Waals surface area contributed by atoms with Gasteiger partial charge < -0.3 is 4.74 Å². The van der Waals surface area contributed by atoms with Crippen molar-refractivity contribution >= 4 is 50.3 Å². The summed E-state index contributed by atoms with van der Waals surface area (Å²) in [6, 6.07) is 0. The van der Waals surface area contributed by atoms with Crippen LogP contribution in [0.5, 0.6) is 0 Å². The van der Waals surface area contributed by atoms with E-state index in [1.54, 1.807) is 13.8 Å². The summed E-state index contributed by atoms with van der Waals surface area (Å²) in [5.41, 5.74) is 0. The Morgan fingerprint density at radius 3 is 2.17 bits per heavy atom. The Labute approximate surface area is 97.5 Å². The third-order valence-electron chi connectivity index (χ3n) is 0.923. The van der Waals surface area contributed by atoms with Gasteiger partial charge in [-0.05, 0) is 20.3 Å². The summed E-state index contributed by atoms with van der Waals surface area (Å²) < 4.78 is 4.33. The Balaban J connectivity index is 0. The van der Waals surface area contributed by atoms with Gasteiger partial charge in [-0.1, -0.05) is 22.9 Å². The van der Waals surface area contributed by atoms with E-state index in [-0.39, 0.29) is 5.97 Å². The molecule has 5 heteroatoms. The summed E-state index contributed by atoms with van der Waals surface area (Å²) in [5, 5.41) is 0. The maximum absolute atomic E-state index is 11.0. The van der Waals surface area contributed by atoms with Crippen molar-refractivity contribution in [2.24, 2.45) is 0 Å². The van der Waals surface area contributed by atoms with E-state index < -0.39 is 4.32 Å². The molecule has 0 rings (SSSR count). The van der Waals surface area contributed by atoms with Crippen LogP contribution in [0.1, 0.15) is 27.2 Å². The standard InChI is InChI=1S/C7H13BrO2.H2Se2/c1-4-5-10-6(9)7(2,3)8;1-2/h4-5H2,1-3H3;1-2H. The van der Waals surface area contributed by atoms with Crippen molar-refractivity contribution in [2.45, 2.75) is 31.5 Å². The first-order valence-corrected chi connectivity index (χ1v) is 9.54. The Bertz CT molecular complexity index is 123. The summed E-state index contributed by atoms with van der Waals surface area (Å²) in [4.78, 5) is 11.0. The first-order chi connectivity index (χ1) is 5.48. The monoisotopic (exact) mass is 370 g/mol. The average molecular weight is 369 g/mol. The summed E-state index contributed by atoms with van der Waals surface area (Å²) in [6.45, 7) is 6.01. The van der Waals surface area contributed by atoms with Crippen LogP contribution >= 0.6 is 15.9 Å². The Hall–Kier alpha value is 0.989. The number of carbonyl (C=O) groups is 1. The quantitative estimate of drug-likeness (QED) is 0.419. The Morgan fingerprint density at radius 2 is 1.92 bits per heavy atom. The second-order valence-electron chi connectivity index (χ2n) is 2.61. The van der Waals surface area contributed by atoms with E-state index in [0.29, 0.717) is 6.61 Å². The van der Waals surface area contributed by atoms with Crippen molar-refractivity contribution < 1.29 is 9.53 Å². The maximum atomic E-state index is 11.0. The third-order valence-corrected chi connectivity index (χ3v) is 1.25. The minimum absolute atomic E-state index is 0.200. The SMILES string of the molecule is CCCOC(=O)C(C)(C)Br.[SeH][SeH]. The van der Waals surface area contributed by atoms with Gasteiger partial charge >= 0.3 is 34.3 Å². The molecule has 0 aromatic rings. The van der Waals surface area contributed by atoms with Crippen molar-refractivity contribution in [1.82, 2.24) is 0 Å². The van der Waals surface area contributed by atoms with Crippen LogP contribution in [0, 0.1) is 0 Å². The fourth-order valence-electron chi connectivity index (χ4n) is 0.366. The predicted octanol–water partition coefficient (Wildman–Crippen LogP) is 0.816. The number of esters is 1. The van der Waals surface area contributed by atoms with Gasteiger partial charge in [0.2, 0.25) is 0 Å². The second kappa shape index (κ2) is 8.58. The Morgan fingerprint density at radius 1 is 1.50 bits per heavy atom. The zero-order valence-electron chi connectivity index (χ0n) is 7.50. The van der Waals surface area contributed by atoms with Crippen LogP contribution in [0.3, 0.4) is 0 Å². The van der Waals surface area contributed by atoms with Crippen LogP contribution in [0.25, 0.3) is 0 Å². The molecule has 0 aliphatic carbocycles. The molecule has 0 radical (unpaired) electrons. The molecule has 0 spiro atoms. The van der Waals surface area contributed by atoms with E-state index in [2.05, 4.69) is 44.3 Å². The van der Waals surface area contributed by atoms with Crippen molar-refractivity contribution in [3.8, 4) is 0 Å². The molecule has 0 bridgehead atoms. The zero-order chi connectivity index (χ0) is 10.2. The first kappa shape index (κ1) is 15.5. The molecule has 2 nitrogen and oxygen atoms in total. The van der Waals surface area contributed by atoms with E-state index in [0.717, 1.165) is 6.42 Å². The van der Waals surface area contributed by atoms with Gasteiger partial charge in [0.25, 0.3) is 0 Å². The molecule has 0 aromatic carbocycles. The van der Waals surface area contributed by atoms with Crippen LogP contribution in [0.15, 0.2) is 0 Å². The van der Waals surface area contributed by atoms with Gasteiger partial charge in [-0.15, -0.1) is 0 Å². The zero-order valence-corrected chi connectivity index (χ0v) is 12.8. The molecule has 0 saturated carbocycles. The number of hydrogen-bond acceptors (Lipinski definition) is 2. The number of halogens is 1. The summed E-state index contributed by atoms with van der Waals surface area (Å²) in [6.07, 6.45) is 0.870. The molecule has 0 amide bonds. The number of alkyl halides is 1. The van der Waals surface area contributed by atoms with Crippen LogP contribution < -0.4 is 0 Å². The normalized spacial score (nSPS) is 9.83. The van der Waals surface area contributed by atoms with Crippen molar-refractivity contribution in [2.75, 3.05) is 6.61 Å². The van der Waals surface area contributed by atoms with Crippen molar-refractivity contribution in [3.05, 3.63) is 0 Å². The molecule has 0 atom stereocenters. The molecule has 0 saturated heterocycles. The van der Waals surface area contributed by atoms with Gasteiger partial charge in [0.05, 0.1) is 6.61 Å². The summed E-state index contributed by atoms with van der Waals surface area (Å²) in [7, 11) is 0. The molecule has 0 heterocycles. The molecular weight excluding hydrogens is 354 g/mol. The van der Waals surface area contributed by atoms with E-state index in [4.69, 9.17) is 4.74 Å². The number of hydrogen-bond donors (Lipinski definition) is 0. The minimum atomic E-state index is -0.540. The molecule has 0 aliphatic heterocycles. The second-order valence-corrected chi connectivity index (χ2v) is 4.59. The average Bonchev–Trinajstić information content (AvgIpc) is 2.02. The van der Waals surface area contributed by atoms with Crippen LogP contribution in [-0.4, -0.2) is 45.3 Å². The molecule has 0 unspecified atom stereocenters.